The average Bonchev–Trinajstić information content (AvgIpc) is 2.88. The van der Waals surface area contributed by atoms with Crippen molar-refractivity contribution in [2.24, 2.45) is 0 Å². The molecule has 36 heavy (non-hydrogen) atoms. The Bertz CT molecular complexity index is 1130. The second-order valence-electron chi connectivity index (χ2n) is 8.76. The molecule has 3 aromatic rings. The summed E-state index contributed by atoms with van der Waals surface area (Å²) in [6.45, 7) is 4.25. The summed E-state index contributed by atoms with van der Waals surface area (Å²) in [5, 5.41) is 4.34. The summed E-state index contributed by atoms with van der Waals surface area (Å²) in [4.78, 5) is 28.8. The molecule has 7 heteroatoms. The van der Waals surface area contributed by atoms with Crippen LogP contribution >= 0.6 is 35.0 Å². The van der Waals surface area contributed by atoms with Gasteiger partial charge in [-0.05, 0) is 48.2 Å². The lowest BCUT2D eigenvalue weighted by Crippen LogP contribution is -2.52. The van der Waals surface area contributed by atoms with Gasteiger partial charge < -0.3 is 10.2 Å². The van der Waals surface area contributed by atoms with E-state index in [1.807, 2.05) is 86.6 Å². The first-order valence-electron chi connectivity index (χ1n) is 12.1. The molecule has 0 heterocycles. The summed E-state index contributed by atoms with van der Waals surface area (Å²) in [6, 6.07) is 24.2. The predicted molar refractivity (Wildman–Crippen MR) is 151 cm³/mol. The molecule has 4 nitrogen and oxygen atoms in total. The summed E-state index contributed by atoms with van der Waals surface area (Å²) < 4.78 is 0. The van der Waals surface area contributed by atoms with Crippen LogP contribution in [0.5, 0.6) is 0 Å². The van der Waals surface area contributed by atoms with Crippen molar-refractivity contribution in [1.29, 1.82) is 0 Å². The van der Waals surface area contributed by atoms with Crippen LogP contribution in [-0.2, 0) is 28.3 Å². The van der Waals surface area contributed by atoms with Crippen LogP contribution in [0.15, 0.2) is 78.9 Å². The minimum Gasteiger partial charge on any atom is -0.352 e. The van der Waals surface area contributed by atoms with E-state index in [0.29, 0.717) is 22.2 Å². The summed E-state index contributed by atoms with van der Waals surface area (Å²) in [5.74, 6) is 0.658. The number of halogens is 2. The quantitative estimate of drug-likeness (QED) is 0.274. The SMILES string of the molecule is CC[C@H](C)NC(=O)[C@@H](Cc1ccccc1)N(Cc1ccccc1Cl)C(=O)CSCc1ccc(Cl)cc1. The van der Waals surface area contributed by atoms with Gasteiger partial charge in [0, 0.05) is 34.8 Å². The standard InChI is InChI=1S/C29H32Cl2N2O2S/c1-3-21(2)32-29(35)27(17-22-9-5-4-6-10-22)33(18-24-11-7-8-12-26(24)31)28(34)20-36-19-23-13-15-25(30)16-14-23/h4-16,21,27H,3,17-20H2,1-2H3,(H,32,35)/t21-,27+/m0/s1. The molecule has 0 radical (unpaired) electrons. The van der Waals surface area contributed by atoms with Gasteiger partial charge in [0.1, 0.15) is 6.04 Å². The minimum atomic E-state index is -0.665. The van der Waals surface area contributed by atoms with Crippen molar-refractivity contribution in [3.8, 4) is 0 Å². The molecule has 0 fully saturated rings. The molecule has 3 aromatic carbocycles. The highest BCUT2D eigenvalue weighted by atomic mass is 35.5. The summed E-state index contributed by atoms with van der Waals surface area (Å²) in [5.41, 5.74) is 2.89. The Morgan fingerprint density at radius 2 is 1.58 bits per heavy atom. The molecule has 0 saturated carbocycles. The molecule has 0 aliphatic heterocycles. The monoisotopic (exact) mass is 542 g/mol. The number of rotatable bonds is 12. The second kappa shape index (κ2) is 14.3. The number of benzene rings is 3. The van der Waals surface area contributed by atoms with Crippen LogP contribution in [0.3, 0.4) is 0 Å². The van der Waals surface area contributed by atoms with Crippen molar-refractivity contribution in [2.75, 3.05) is 5.75 Å². The van der Waals surface area contributed by atoms with E-state index in [4.69, 9.17) is 23.2 Å². The van der Waals surface area contributed by atoms with Gasteiger partial charge in [0.25, 0.3) is 0 Å². The number of nitrogens with zero attached hydrogens (tertiary/aromatic N) is 1. The van der Waals surface area contributed by atoms with Gasteiger partial charge in [0.2, 0.25) is 11.8 Å². The van der Waals surface area contributed by atoms with Gasteiger partial charge in [-0.2, -0.15) is 0 Å². The van der Waals surface area contributed by atoms with E-state index in [1.54, 1.807) is 11.0 Å². The van der Waals surface area contributed by atoms with E-state index in [1.165, 1.54) is 11.8 Å². The maximum Gasteiger partial charge on any atom is 0.243 e. The van der Waals surface area contributed by atoms with Crippen LogP contribution in [0.25, 0.3) is 0 Å². The van der Waals surface area contributed by atoms with Crippen molar-refractivity contribution in [2.45, 2.75) is 51.1 Å². The van der Waals surface area contributed by atoms with Crippen LogP contribution in [-0.4, -0.2) is 34.6 Å². The van der Waals surface area contributed by atoms with E-state index in [-0.39, 0.29) is 30.2 Å². The van der Waals surface area contributed by atoms with Crippen LogP contribution in [0.1, 0.15) is 37.0 Å². The molecule has 0 unspecified atom stereocenters. The van der Waals surface area contributed by atoms with Crippen molar-refractivity contribution in [3.05, 3.63) is 106 Å². The Balaban J connectivity index is 1.86. The Morgan fingerprint density at radius 3 is 2.25 bits per heavy atom. The van der Waals surface area contributed by atoms with Gasteiger partial charge in [0.15, 0.2) is 0 Å². The van der Waals surface area contributed by atoms with Gasteiger partial charge in [-0.15, -0.1) is 11.8 Å². The Hall–Kier alpha value is -2.47. The van der Waals surface area contributed by atoms with E-state index >= 15 is 0 Å². The molecule has 1 N–H and O–H groups in total. The molecule has 0 spiro atoms. The molecular formula is C29H32Cl2N2O2S. The summed E-state index contributed by atoms with van der Waals surface area (Å²) in [7, 11) is 0. The second-order valence-corrected chi connectivity index (χ2v) is 10.6. The zero-order valence-electron chi connectivity index (χ0n) is 20.6. The maximum absolute atomic E-state index is 13.7. The maximum atomic E-state index is 13.7. The van der Waals surface area contributed by atoms with Crippen molar-refractivity contribution < 1.29 is 9.59 Å². The summed E-state index contributed by atoms with van der Waals surface area (Å²) in [6.07, 6.45) is 1.22. The molecule has 0 aromatic heterocycles. The third kappa shape index (κ3) is 8.58. The third-order valence-electron chi connectivity index (χ3n) is 5.98. The van der Waals surface area contributed by atoms with E-state index in [9.17, 15) is 9.59 Å². The Morgan fingerprint density at radius 1 is 0.917 bits per heavy atom. The van der Waals surface area contributed by atoms with Gasteiger partial charge in [-0.1, -0.05) is 90.8 Å². The molecule has 2 amide bonds. The first-order valence-corrected chi connectivity index (χ1v) is 14.0. The zero-order chi connectivity index (χ0) is 25.9. The Kier molecular flexibility index (Phi) is 11.2. The smallest absolute Gasteiger partial charge is 0.243 e. The molecule has 0 saturated heterocycles. The van der Waals surface area contributed by atoms with E-state index < -0.39 is 6.04 Å². The van der Waals surface area contributed by atoms with Crippen LogP contribution < -0.4 is 5.32 Å². The third-order valence-corrected chi connectivity index (χ3v) is 7.59. The predicted octanol–water partition coefficient (Wildman–Crippen LogP) is 6.78. The molecule has 0 aliphatic carbocycles. The topological polar surface area (TPSA) is 49.4 Å². The zero-order valence-corrected chi connectivity index (χ0v) is 23.0. The van der Waals surface area contributed by atoms with Crippen molar-refractivity contribution in [1.82, 2.24) is 10.2 Å². The van der Waals surface area contributed by atoms with E-state index in [2.05, 4.69) is 5.32 Å². The number of amides is 2. The largest absolute Gasteiger partial charge is 0.352 e. The number of nitrogens with one attached hydrogen (secondary N) is 1. The highest BCUT2D eigenvalue weighted by Crippen LogP contribution is 2.22. The normalized spacial score (nSPS) is 12.6. The van der Waals surface area contributed by atoms with Crippen LogP contribution in [0.2, 0.25) is 10.0 Å². The Labute approximate surface area is 228 Å². The number of carbonyl (C=O) groups excluding carboxylic acids is 2. The highest BCUT2D eigenvalue weighted by molar-refractivity contribution is 7.99. The lowest BCUT2D eigenvalue weighted by Gasteiger charge is -2.32. The number of carbonyl (C=O) groups is 2. The molecule has 190 valence electrons. The fourth-order valence-electron chi connectivity index (χ4n) is 3.72. The van der Waals surface area contributed by atoms with E-state index in [0.717, 1.165) is 23.1 Å². The van der Waals surface area contributed by atoms with Gasteiger partial charge in [-0.3, -0.25) is 9.59 Å². The fraction of sp³-hybridized carbons (Fsp3) is 0.310. The van der Waals surface area contributed by atoms with Crippen LogP contribution in [0, 0.1) is 0 Å². The van der Waals surface area contributed by atoms with Crippen LogP contribution in [0.4, 0.5) is 0 Å². The lowest BCUT2D eigenvalue weighted by molar-refractivity contribution is -0.139. The van der Waals surface area contributed by atoms with Crippen molar-refractivity contribution >= 4 is 46.8 Å². The fourth-order valence-corrected chi connectivity index (χ4v) is 4.92. The number of hydrogen-bond donors (Lipinski definition) is 1. The minimum absolute atomic E-state index is 0.00678. The van der Waals surface area contributed by atoms with Gasteiger partial charge in [0.05, 0.1) is 5.75 Å². The number of thioether (sulfide) groups is 1. The highest BCUT2D eigenvalue weighted by Gasteiger charge is 2.31. The van der Waals surface area contributed by atoms with Gasteiger partial charge in [-0.25, -0.2) is 0 Å². The average molecular weight is 544 g/mol. The van der Waals surface area contributed by atoms with Crippen molar-refractivity contribution in [3.63, 3.8) is 0 Å². The molecule has 2 atom stereocenters. The first kappa shape index (κ1) is 28.1. The van der Waals surface area contributed by atoms with Gasteiger partial charge >= 0.3 is 0 Å². The molecule has 3 rings (SSSR count). The summed E-state index contributed by atoms with van der Waals surface area (Å²) >= 11 is 14.0. The number of hydrogen-bond acceptors (Lipinski definition) is 3. The first-order chi connectivity index (χ1) is 17.4. The molecular weight excluding hydrogens is 511 g/mol. The molecule has 0 aliphatic rings. The molecule has 0 bridgehead atoms. The lowest BCUT2D eigenvalue weighted by atomic mass is 10.0.